The van der Waals surface area contributed by atoms with Crippen molar-refractivity contribution in [2.45, 2.75) is 19.4 Å². The summed E-state index contributed by atoms with van der Waals surface area (Å²) in [5.74, 6) is 0.575. The molecule has 0 radical (unpaired) electrons. The van der Waals surface area contributed by atoms with Crippen molar-refractivity contribution < 1.29 is 14.4 Å². The van der Waals surface area contributed by atoms with Gasteiger partial charge in [-0.05, 0) is 60.0 Å². The van der Waals surface area contributed by atoms with Crippen LogP contribution in [0.5, 0.6) is 0 Å². The van der Waals surface area contributed by atoms with Gasteiger partial charge in [0.1, 0.15) is 5.82 Å². The van der Waals surface area contributed by atoms with Crippen molar-refractivity contribution in [2.24, 2.45) is 5.73 Å². The highest BCUT2D eigenvalue weighted by molar-refractivity contribution is 5.96. The molecular formula is C32H32N8O3. The van der Waals surface area contributed by atoms with Crippen LogP contribution in [0.2, 0.25) is 0 Å². The first-order valence-corrected chi connectivity index (χ1v) is 14.2. The number of amides is 4. The normalized spacial score (nSPS) is 14.9. The number of carbonyl (C=O) groups excluding carboxylic acids is 3. The van der Waals surface area contributed by atoms with E-state index in [-0.39, 0.29) is 24.4 Å². The molecule has 0 bridgehead atoms. The van der Waals surface area contributed by atoms with E-state index in [1.807, 2.05) is 59.5 Å². The maximum Gasteiger partial charge on any atom is 0.324 e. The third-order valence-electron chi connectivity index (χ3n) is 7.55. The predicted octanol–water partition coefficient (Wildman–Crippen LogP) is 4.35. The minimum absolute atomic E-state index is 0.0756. The largest absolute Gasteiger partial charge is 0.339 e. The van der Waals surface area contributed by atoms with Crippen LogP contribution in [0.25, 0.3) is 11.1 Å². The molecule has 4 amide bonds. The molecule has 2 aromatic carbocycles. The van der Waals surface area contributed by atoms with Crippen molar-refractivity contribution >= 4 is 46.4 Å². The molecule has 0 unspecified atom stereocenters. The molecule has 2 saturated heterocycles. The maximum atomic E-state index is 13.2. The van der Waals surface area contributed by atoms with Gasteiger partial charge < -0.3 is 26.2 Å². The van der Waals surface area contributed by atoms with E-state index in [0.29, 0.717) is 43.2 Å². The molecule has 0 atom stereocenters. The molecule has 0 spiro atoms. The second-order valence-electron chi connectivity index (χ2n) is 10.5. The Labute approximate surface area is 249 Å². The Bertz CT molecular complexity index is 1620. The minimum Gasteiger partial charge on any atom is -0.339 e. The molecule has 4 aromatic rings. The Hall–Kier alpha value is -5.29. The van der Waals surface area contributed by atoms with Crippen LogP contribution in [-0.4, -0.2) is 58.9 Å². The molecule has 11 nitrogen and oxygen atoms in total. The van der Waals surface area contributed by atoms with Gasteiger partial charge >= 0.3 is 6.03 Å². The summed E-state index contributed by atoms with van der Waals surface area (Å²) in [6, 6.07) is 21.0. The highest BCUT2D eigenvalue weighted by Crippen LogP contribution is 2.28. The van der Waals surface area contributed by atoms with E-state index >= 15 is 0 Å². The second kappa shape index (κ2) is 12.3. The number of carbonyl (C=O) groups is 3. The molecule has 43 heavy (non-hydrogen) atoms. The Balaban J connectivity index is 1.06. The quantitative estimate of drug-likeness (QED) is 0.269. The van der Waals surface area contributed by atoms with Gasteiger partial charge in [-0.1, -0.05) is 24.3 Å². The number of benzene rings is 2. The Morgan fingerprint density at radius 3 is 2.30 bits per heavy atom. The lowest BCUT2D eigenvalue weighted by molar-refractivity contribution is -0.117. The van der Waals surface area contributed by atoms with Gasteiger partial charge in [-0.15, -0.1) is 0 Å². The van der Waals surface area contributed by atoms with Crippen LogP contribution in [0.1, 0.15) is 18.4 Å². The highest BCUT2D eigenvalue weighted by atomic mass is 16.2. The summed E-state index contributed by atoms with van der Waals surface area (Å²) < 4.78 is 0. The maximum absolute atomic E-state index is 13.2. The first-order valence-electron chi connectivity index (χ1n) is 14.2. The zero-order valence-electron chi connectivity index (χ0n) is 23.6. The third kappa shape index (κ3) is 6.31. The summed E-state index contributed by atoms with van der Waals surface area (Å²) in [5, 5.41) is 5.99. The van der Waals surface area contributed by atoms with Crippen molar-refractivity contribution in [2.75, 3.05) is 46.6 Å². The lowest BCUT2D eigenvalue weighted by Crippen LogP contribution is -2.31. The first-order chi connectivity index (χ1) is 21.0. The van der Waals surface area contributed by atoms with Gasteiger partial charge in [-0.3, -0.25) is 19.5 Å². The SMILES string of the molecule is NCC(=O)Nc1ccc(CN2CCN(c3cncc(Nc4ccc(-c5ccc(N6CCCC6=O)cc5)cn4)c3)C2=O)cc1. The van der Waals surface area contributed by atoms with Gasteiger partial charge in [0.05, 0.1) is 30.3 Å². The number of hydrogen-bond acceptors (Lipinski definition) is 7. The van der Waals surface area contributed by atoms with Gasteiger partial charge in [-0.2, -0.15) is 0 Å². The molecule has 0 saturated carbocycles. The molecule has 2 aliphatic heterocycles. The number of urea groups is 1. The molecule has 4 N–H and O–H groups in total. The summed E-state index contributed by atoms with van der Waals surface area (Å²) in [6.45, 7) is 2.29. The smallest absolute Gasteiger partial charge is 0.324 e. The molecule has 0 aliphatic carbocycles. The van der Waals surface area contributed by atoms with Crippen LogP contribution in [0, 0.1) is 0 Å². The third-order valence-corrected chi connectivity index (χ3v) is 7.55. The van der Waals surface area contributed by atoms with E-state index in [0.717, 1.165) is 41.0 Å². The molecular weight excluding hydrogens is 544 g/mol. The van der Waals surface area contributed by atoms with Gasteiger partial charge in [0.25, 0.3) is 0 Å². The standard InChI is InChI=1S/C32H32N8O3/c33-17-30(41)37-25-8-3-22(4-9-25)21-38-14-15-40(32(38)43)28-16-26(19-34-20-28)36-29-12-7-24(18-35-29)23-5-10-27(11-6-23)39-13-1-2-31(39)42/h3-12,16,18-20H,1-2,13-15,17,21,33H2,(H,35,36)(H,37,41). The van der Waals surface area contributed by atoms with Crippen LogP contribution in [0.4, 0.5) is 33.4 Å². The summed E-state index contributed by atoms with van der Waals surface area (Å²) in [5.41, 5.74) is 11.3. The molecule has 2 fully saturated rings. The van der Waals surface area contributed by atoms with Crippen LogP contribution < -0.4 is 26.2 Å². The summed E-state index contributed by atoms with van der Waals surface area (Å²) in [7, 11) is 0. The number of anilines is 5. The predicted molar refractivity (Wildman–Crippen MR) is 166 cm³/mol. The minimum atomic E-state index is -0.254. The molecule has 2 aromatic heterocycles. The fourth-order valence-electron chi connectivity index (χ4n) is 5.28. The number of rotatable bonds is 9. The summed E-state index contributed by atoms with van der Waals surface area (Å²) >= 11 is 0. The van der Waals surface area contributed by atoms with E-state index in [1.54, 1.807) is 40.5 Å². The van der Waals surface area contributed by atoms with E-state index in [9.17, 15) is 14.4 Å². The van der Waals surface area contributed by atoms with E-state index in [2.05, 4.69) is 20.6 Å². The van der Waals surface area contributed by atoms with Crippen molar-refractivity contribution in [3.63, 3.8) is 0 Å². The van der Waals surface area contributed by atoms with Gasteiger partial charge in [-0.25, -0.2) is 9.78 Å². The van der Waals surface area contributed by atoms with Crippen molar-refractivity contribution in [1.82, 2.24) is 14.9 Å². The zero-order valence-corrected chi connectivity index (χ0v) is 23.6. The van der Waals surface area contributed by atoms with Crippen molar-refractivity contribution in [1.29, 1.82) is 0 Å². The lowest BCUT2D eigenvalue weighted by Gasteiger charge is -2.19. The lowest BCUT2D eigenvalue weighted by atomic mass is 10.1. The molecule has 4 heterocycles. The number of aromatic nitrogens is 2. The molecule has 2 aliphatic rings. The fourth-order valence-corrected chi connectivity index (χ4v) is 5.28. The van der Waals surface area contributed by atoms with Crippen LogP contribution >= 0.6 is 0 Å². The average Bonchev–Trinajstić information content (AvgIpc) is 3.63. The van der Waals surface area contributed by atoms with E-state index in [1.165, 1.54) is 0 Å². The summed E-state index contributed by atoms with van der Waals surface area (Å²) in [4.78, 5) is 51.0. The number of nitrogens with zero attached hydrogens (tertiary/aromatic N) is 5. The van der Waals surface area contributed by atoms with Gasteiger partial charge in [0.2, 0.25) is 11.8 Å². The number of hydrogen-bond donors (Lipinski definition) is 3. The van der Waals surface area contributed by atoms with Crippen LogP contribution in [0.3, 0.4) is 0 Å². The number of nitrogens with one attached hydrogen (secondary N) is 2. The van der Waals surface area contributed by atoms with Crippen LogP contribution in [-0.2, 0) is 16.1 Å². The van der Waals surface area contributed by atoms with E-state index < -0.39 is 0 Å². The fraction of sp³-hybridized carbons (Fsp3) is 0.219. The average molecular weight is 577 g/mol. The zero-order chi connectivity index (χ0) is 29.8. The molecule has 6 rings (SSSR count). The molecule has 11 heteroatoms. The number of pyridine rings is 2. The van der Waals surface area contributed by atoms with Gasteiger partial charge in [0.15, 0.2) is 0 Å². The monoisotopic (exact) mass is 576 g/mol. The first kappa shape index (κ1) is 27.9. The van der Waals surface area contributed by atoms with Gasteiger partial charge in [0, 0.05) is 55.7 Å². The van der Waals surface area contributed by atoms with E-state index in [4.69, 9.17) is 5.73 Å². The Kier molecular flexibility index (Phi) is 7.96. The topological polar surface area (TPSA) is 137 Å². The Morgan fingerprint density at radius 2 is 1.60 bits per heavy atom. The Morgan fingerprint density at radius 1 is 0.814 bits per heavy atom. The van der Waals surface area contributed by atoms with Crippen LogP contribution in [0.15, 0.2) is 85.3 Å². The summed E-state index contributed by atoms with van der Waals surface area (Å²) in [6.07, 6.45) is 6.69. The number of nitrogens with two attached hydrogens (primary N) is 1. The van der Waals surface area contributed by atoms with Crippen molar-refractivity contribution in [3.05, 3.63) is 90.9 Å². The molecule has 218 valence electrons. The highest BCUT2D eigenvalue weighted by Gasteiger charge is 2.30. The second-order valence-corrected chi connectivity index (χ2v) is 10.5. The van der Waals surface area contributed by atoms with Crippen molar-refractivity contribution in [3.8, 4) is 11.1 Å².